The zero-order valence-electron chi connectivity index (χ0n) is 16.6. The lowest BCUT2D eigenvalue weighted by Crippen LogP contribution is -2.41. The molecule has 1 fully saturated rings. The highest BCUT2D eigenvalue weighted by atomic mass is 35.5. The molecule has 30 heavy (non-hydrogen) atoms. The van der Waals surface area contributed by atoms with Gasteiger partial charge in [0.25, 0.3) is 5.91 Å². The summed E-state index contributed by atoms with van der Waals surface area (Å²) in [5.41, 5.74) is 7.58. The Morgan fingerprint density at radius 2 is 1.93 bits per heavy atom. The zero-order valence-corrected chi connectivity index (χ0v) is 17.4. The molecule has 1 unspecified atom stereocenters. The van der Waals surface area contributed by atoms with Crippen LogP contribution >= 0.6 is 12.4 Å². The van der Waals surface area contributed by atoms with Crippen LogP contribution in [0.3, 0.4) is 0 Å². The molecule has 0 bridgehead atoms. The quantitative estimate of drug-likeness (QED) is 0.646. The lowest BCUT2D eigenvalue weighted by molar-refractivity contribution is -0.134. The standard InChI is InChI=1S/C22H24N4O3.ClH/c23-13-16-8-10-17(11-9-16)21-24-22(29-25-21)18-5-4-12-26(14-18)20(27)15-28-19-6-2-1-3-7-19;/h1-3,6-11,18H,4-5,12-15,23H2;1H. The van der Waals surface area contributed by atoms with Crippen molar-refractivity contribution in [1.82, 2.24) is 15.0 Å². The predicted octanol–water partition coefficient (Wildman–Crippen LogP) is 3.40. The highest BCUT2D eigenvalue weighted by molar-refractivity contribution is 5.85. The number of hydrogen-bond acceptors (Lipinski definition) is 6. The molecular formula is C22H25ClN4O3. The number of nitrogens with two attached hydrogens (primary N) is 1. The molecule has 1 atom stereocenters. The molecule has 0 aliphatic carbocycles. The third kappa shape index (κ3) is 5.17. The molecular weight excluding hydrogens is 404 g/mol. The van der Waals surface area contributed by atoms with E-state index in [-0.39, 0.29) is 30.8 Å². The van der Waals surface area contributed by atoms with Crippen LogP contribution in [0.25, 0.3) is 11.4 Å². The van der Waals surface area contributed by atoms with Gasteiger partial charge in [0.1, 0.15) is 5.75 Å². The summed E-state index contributed by atoms with van der Waals surface area (Å²) in [7, 11) is 0. The number of hydrogen-bond donors (Lipinski definition) is 1. The van der Waals surface area contributed by atoms with Crippen LogP contribution in [0.4, 0.5) is 0 Å². The Kier molecular flexibility index (Phi) is 7.43. The molecule has 158 valence electrons. The molecule has 2 aromatic carbocycles. The summed E-state index contributed by atoms with van der Waals surface area (Å²) in [5.74, 6) is 1.82. The Balaban J connectivity index is 0.00000256. The Hall–Kier alpha value is -2.90. The number of carbonyl (C=O) groups excluding carboxylic acids is 1. The number of aromatic nitrogens is 2. The van der Waals surface area contributed by atoms with E-state index in [4.69, 9.17) is 15.0 Å². The first-order valence-electron chi connectivity index (χ1n) is 9.81. The zero-order chi connectivity index (χ0) is 20.1. The summed E-state index contributed by atoms with van der Waals surface area (Å²) in [5, 5.41) is 4.12. The van der Waals surface area contributed by atoms with Gasteiger partial charge in [0, 0.05) is 25.2 Å². The Morgan fingerprint density at radius 3 is 2.67 bits per heavy atom. The summed E-state index contributed by atoms with van der Waals surface area (Å²) in [4.78, 5) is 18.9. The van der Waals surface area contributed by atoms with Crippen molar-refractivity contribution in [2.75, 3.05) is 19.7 Å². The van der Waals surface area contributed by atoms with Gasteiger partial charge in [0.05, 0.1) is 5.92 Å². The van der Waals surface area contributed by atoms with Gasteiger partial charge in [-0.1, -0.05) is 47.6 Å². The Labute approximate surface area is 181 Å². The molecule has 2 heterocycles. The fraction of sp³-hybridized carbons (Fsp3) is 0.318. The van der Waals surface area contributed by atoms with Gasteiger partial charge in [-0.25, -0.2) is 0 Å². The lowest BCUT2D eigenvalue weighted by atomic mass is 9.98. The van der Waals surface area contributed by atoms with Gasteiger partial charge < -0.3 is 19.9 Å². The van der Waals surface area contributed by atoms with E-state index in [1.807, 2.05) is 59.5 Å². The second-order valence-corrected chi connectivity index (χ2v) is 7.14. The van der Waals surface area contributed by atoms with E-state index >= 15 is 0 Å². The van der Waals surface area contributed by atoms with Crippen molar-refractivity contribution in [3.05, 3.63) is 66.1 Å². The number of carbonyl (C=O) groups is 1. The molecule has 0 saturated carbocycles. The molecule has 4 rings (SSSR count). The first kappa shape index (κ1) is 21.8. The van der Waals surface area contributed by atoms with Crippen LogP contribution < -0.4 is 10.5 Å². The monoisotopic (exact) mass is 428 g/mol. The van der Waals surface area contributed by atoms with E-state index < -0.39 is 0 Å². The number of ether oxygens (including phenoxy) is 1. The molecule has 0 spiro atoms. The predicted molar refractivity (Wildman–Crippen MR) is 115 cm³/mol. The Morgan fingerprint density at radius 1 is 1.17 bits per heavy atom. The van der Waals surface area contributed by atoms with E-state index in [2.05, 4.69) is 10.1 Å². The summed E-state index contributed by atoms with van der Waals surface area (Å²) >= 11 is 0. The van der Waals surface area contributed by atoms with Crippen molar-refractivity contribution in [3.63, 3.8) is 0 Å². The number of halogens is 1. The fourth-order valence-electron chi connectivity index (χ4n) is 3.47. The van der Waals surface area contributed by atoms with Crippen LogP contribution in [0, 0.1) is 0 Å². The molecule has 0 radical (unpaired) electrons. The molecule has 3 aromatic rings. The van der Waals surface area contributed by atoms with E-state index in [0.29, 0.717) is 30.6 Å². The maximum Gasteiger partial charge on any atom is 0.260 e. The number of likely N-dealkylation sites (tertiary alicyclic amines) is 1. The van der Waals surface area contributed by atoms with Crippen LogP contribution in [0.5, 0.6) is 5.75 Å². The van der Waals surface area contributed by atoms with Crippen LogP contribution in [-0.2, 0) is 11.3 Å². The fourth-order valence-corrected chi connectivity index (χ4v) is 3.47. The highest BCUT2D eigenvalue weighted by Crippen LogP contribution is 2.28. The lowest BCUT2D eigenvalue weighted by Gasteiger charge is -2.30. The van der Waals surface area contributed by atoms with Gasteiger partial charge in [-0.3, -0.25) is 4.79 Å². The first-order chi connectivity index (χ1) is 14.2. The third-order valence-electron chi connectivity index (χ3n) is 5.12. The number of rotatable bonds is 6. The minimum absolute atomic E-state index is 0. The van der Waals surface area contributed by atoms with Gasteiger partial charge >= 0.3 is 0 Å². The second kappa shape index (κ2) is 10.2. The number of para-hydroxylation sites is 1. The SMILES string of the molecule is Cl.NCc1ccc(-c2noc(C3CCCN(C(=O)COc4ccccc4)C3)n2)cc1. The van der Waals surface area contributed by atoms with Gasteiger partial charge in [0.2, 0.25) is 11.7 Å². The van der Waals surface area contributed by atoms with Crippen LogP contribution in [0.15, 0.2) is 59.1 Å². The van der Waals surface area contributed by atoms with Gasteiger partial charge in [-0.15, -0.1) is 12.4 Å². The van der Waals surface area contributed by atoms with Crippen LogP contribution in [0.1, 0.15) is 30.2 Å². The largest absolute Gasteiger partial charge is 0.484 e. The highest BCUT2D eigenvalue weighted by Gasteiger charge is 2.29. The molecule has 2 N–H and O–H groups in total. The molecule has 7 nitrogen and oxygen atoms in total. The maximum atomic E-state index is 12.6. The Bertz CT molecular complexity index is 947. The van der Waals surface area contributed by atoms with Crippen molar-refractivity contribution in [2.24, 2.45) is 5.73 Å². The van der Waals surface area contributed by atoms with E-state index in [1.165, 1.54) is 0 Å². The maximum absolute atomic E-state index is 12.6. The molecule has 1 amide bonds. The topological polar surface area (TPSA) is 94.5 Å². The summed E-state index contributed by atoms with van der Waals surface area (Å²) < 4.78 is 11.1. The molecule has 1 saturated heterocycles. The molecule has 1 aliphatic heterocycles. The van der Waals surface area contributed by atoms with Crippen molar-refractivity contribution >= 4 is 18.3 Å². The van der Waals surface area contributed by atoms with E-state index in [9.17, 15) is 4.79 Å². The number of nitrogens with zero attached hydrogens (tertiary/aromatic N) is 3. The van der Waals surface area contributed by atoms with Crippen molar-refractivity contribution in [3.8, 4) is 17.1 Å². The number of amides is 1. The van der Waals surface area contributed by atoms with Crippen LogP contribution in [0.2, 0.25) is 0 Å². The smallest absolute Gasteiger partial charge is 0.260 e. The summed E-state index contributed by atoms with van der Waals surface area (Å²) in [6, 6.07) is 17.1. The van der Waals surface area contributed by atoms with Crippen molar-refractivity contribution < 1.29 is 14.1 Å². The molecule has 8 heteroatoms. The second-order valence-electron chi connectivity index (χ2n) is 7.14. The normalized spacial score (nSPS) is 16.0. The summed E-state index contributed by atoms with van der Waals surface area (Å²) in [6.45, 7) is 1.80. The average Bonchev–Trinajstić information content (AvgIpc) is 3.29. The van der Waals surface area contributed by atoms with Crippen molar-refractivity contribution in [2.45, 2.75) is 25.3 Å². The average molecular weight is 429 g/mol. The van der Waals surface area contributed by atoms with Crippen LogP contribution in [-0.4, -0.2) is 40.6 Å². The van der Waals surface area contributed by atoms with E-state index in [0.717, 1.165) is 30.5 Å². The van der Waals surface area contributed by atoms with Gasteiger partial charge in [-0.05, 0) is 30.5 Å². The number of piperidine rings is 1. The minimum Gasteiger partial charge on any atom is -0.484 e. The molecule has 1 aliphatic rings. The van der Waals surface area contributed by atoms with Gasteiger partial charge in [0.15, 0.2) is 6.61 Å². The van der Waals surface area contributed by atoms with Crippen molar-refractivity contribution in [1.29, 1.82) is 0 Å². The number of benzene rings is 2. The minimum atomic E-state index is -0.0318. The van der Waals surface area contributed by atoms with E-state index in [1.54, 1.807) is 0 Å². The first-order valence-corrected chi connectivity index (χ1v) is 9.81. The summed E-state index contributed by atoms with van der Waals surface area (Å²) in [6.07, 6.45) is 1.81. The van der Waals surface area contributed by atoms with Gasteiger partial charge in [-0.2, -0.15) is 4.98 Å². The third-order valence-corrected chi connectivity index (χ3v) is 5.12. The molecule has 1 aromatic heterocycles.